The summed E-state index contributed by atoms with van der Waals surface area (Å²) in [7, 11) is 0. The zero-order chi connectivity index (χ0) is 17.8. The number of nitrogens with one attached hydrogen (secondary N) is 1. The topological polar surface area (TPSA) is 78.4 Å². The van der Waals surface area contributed by atoms with Crippen LogP contribution in [-0.2, 0) is 6.54 Å². The van der Waals surface area contributed by atoms with Gasteiger partial charge in [-0.1, -0.05) is 24.3 Å². The van der Waals surface area contributed by atoms with E-state index in [4.69, 9.17) is 0 Å². The molecule has 0 saturated carbocycles. The molecule has 7 nitrogen and oxygen atoms in total. The summed E-state index contributed by atoms with van der Waals surface area (Å²) >= 11 is 1.26. The van der Waals surface area contributed by atoms with E-state index in [0.717, 1.165) is 18.5 Å². The van der Waals surface area contributed by atoms with Crippen molar-refractivity contribution in [3.8, 4) is 0 Å². The number of anilines is 1. The maximum Gasteiger partial charge on any atom is 0.326 e. The summed E-state index contributed by atoms with van der Waals surface area (Å²) < 4.78 is 0. The molecule has 0 atom stereocenters. The molecule has 132 valence electrons. The summed E-state index contributed by atoms with van der Waals surface area (Å²) in [6.07, 6.45) is 4.34. The molecular weight excluding hydrogens is 338 g/mol. The number of nitrogens with zero attached hydrogens (tertiary/aromatic N) is 4. The second-order valence-corrected chi connectivity index (χ2v) is 6.85. The van der Waals surface area contributed by atoms with E-state index < -0.39 is 0 Å². The Hall–Kier alpha value is -2.48. The molecule has 0 aromatic carbocycles. The lowest BCUT2D eigenvalue weighted by Gasteiger charge is -2.15. The van der Waals surface area contributed by atoms with Gasteiger partial charge in [0.2, 0.25) is 0 Å². The van der Waals surface area contributed by atoms with Crippen LogP contribution in [0.1, 0.15) is 34.3 Å². The van der Waals surface area contributed by atoms with Gasteiger partial charge in [-0.25, -0.2) is 9.78 Å². The molecule has 1 fully saturated rings. The molecule has 3 heterocycles. The largest absolute Gasteiger partial charge is 0.347 e. The monoisotopic (exact) mass is 359 g/mol. The highest BCUT2D eigenvalue weighted by Gasteiger charge is 2.31. The Morgan fingerprint density at radius 3 is 2.96 bits per heavy atom. The highest BCUT2D eigenvalue weighted by molar-refractivity contribution is 7.17. The Morgan fingerprint density at radius 1 is 1.40 bits per heavy atom. The molecule has 0 bridgehead atoms. The van der Waals surface area contributed by atoms with E-state index in [2.05, 4.69) is 15.3 Å². The minimum Gasteiger partial charge on any atom is -0.347 e. The molecule has 3 amide bonds. The van der Waals surface area contributed by atoms with Gasteiger partial charge in [-0.05, 0) is 25.0 Å². The fraction of sp³-hybridized carbons (Fsp3) is 0.412. The summed E-state index contributed by atoms with van der Waals surface area (Å²) in [6, 6.07) is 3.71. The minimum atomic E-state index is -0.179. The third kappa shape index (κ3) is 3.79. The molecule has 2 aromatic rings. The van der Waals surface area contributed by atoms with Gasteiger partial charge in [0.15, 0.2) is 5.13 Å². The van der Waals surface area contributed by atoms with Crippen LogP contribution in [0.4, 0.5) is 9.93 Å². The molecule has 0 aliphatic carbocycles. The molecule has 25 heavy (non-hydrogen) atoms. The molecule has 2 aromatic heterocycles. The summed E-state index contributed by atoms with van der Waals surface area (Å²) in [4.78, 5) is 37.3. The van der Waals surface area contributed by atoms with E-state index in [1.165, 1.54) is 11.3 Å². The first-order valence-corrected chi connectivity index (χ1v) is 9.12. The Kier molecular flexibility index (Phi) is 5.28. The SMILES string of the molecule is CCCN1CCN(c2nc(C)c(C(=O)NCc3cccnc3)s2)C1=O. The van der Waals surface area contributed by atoms with Gasteiger partial charge in [0.25, 0.3) is 5.91 Å². The van der Waals surface area contributed by atoms with Crippen molar-refractivity contribution in [1.82, 2.24) is 20.2 Å². The number of aromatic nitrogens is 2. The number of hydrogen-bond donors (Lipinski definition) is 1. The molecule has 1 aliphatic heterocycles. The first-order chi connectivity index (χ1) is 12.1. The molecule has 8 heteroatoms. The molecular formula is C17H21N5O2S. The Morgan fingerprint density at radius 2 is 2.24 bits per heavy atom. The number of aryl methyl sites for hydroxylation is 1. The van der Waals surface area contributed by atoms with Gasteiger partial charge in [-0.3, -0.25) is 14.7 Å². The number of rotatable bonds is 6. The second-order valence-electron chi connectivity index (χ2n) is 5.88. The van der Waals surface area contributed by atoms with E-state index in [1.807, 2.05) is 24.0 Å². The van der Waals surface area contributed by atoms with Gasteiger partial charge < -0.3 is 10.2 Å². The van der Waals surface area contributed by atoms with Crippen molar-refractivity contribution in [3.63, 3.8) is 0 Å². The molecule has 3 rings (SSSR count). The van der Waals surface area contributed by atoms with E-state index >= 15 is 0 Å². The third-order valence-corrected chi connectivity index (χ3v) is 5.17. The zero-order valence-corrected chi connectivity index (χ0v) is 15.2. The molecule has 0 unspecified atom stereocenters. The number of pyridine rings is 1. The summed E-state index contributed by atoms with van der Waals surface area (Å²) in [5.41, 5.74) is 1.58. The standard InChI is InChI=1S/C17H21N5O2S/c1-3-7-21-8-9-22(17(21)24)16-20-12(2)14(25-16)15(23)19-11-13-5-4-6-18-10-13/h4-6,10H,3,7-9,11H2,1-2H3,(H,19,23). The number of carbonyl (C=O) groups is 2. The van der Waals surface area contributed by atoms with Crippen LogP contribution in [0.25, 0.3) is 0 Å². The first kappa shape index (κ1) is 17.3. The molecule has 1 aliphatic rings. The zero-order valence-electron chi connectivity index (χ0n) is 14.4. The van der Waals surface area contributed by atoms with Crippen LogP contribution < -0.4 is 10.2 Å². The Bertz CT molecular complexity index is 762. The predicted molar refractivity (Wildman–Crippen MR) is 96.9 cm³/mol. The van der Waals surface area contributed by atoms with Gasteiger partial charge in [0.05, 0.1) is 5.69 Å². The van der Waals surface area contributed by atoms with Crippen molar-refractivity contribution >= 4 is 28.4 Å². The van der Waals surface area contributed by atoms with Crippen LogP contribution in [0.3, 0.4) is 0 Å². The van der Waals surface area contributed by atoms with Crippen LogP contribution in [0.15, 0.2) is 24.5 Å². The molecule has 1 N–H and O–H groups in total. The Balaban J connectivity index is 1.68. The Labute approximate surface area is 150 Å². The number of amides is 3. The van der Waals surface area contributed by atoms with Crippen LogP contribution >= 0.6 is 11.3 Å². The van der Waals surface area contributed by atoms with E-state index in [1.54, 1.807) is 24.2 Å². The van der Waals surface area contributed by atoms with E-state index in [-0.39, 0.29) is 11.9 Å². The van der Waals surface area contributed by atoms with Gasteiger partial charge in [-0.15, -0.1) is 0 Å². The van der Waals surface area contributed by atoms with E-state index in [9.17, 15) is 9.59 Å². The average molecular weight is 359 g/mol. The van der Waals surface area contributed by atoms with Gasteiger partial charge in [0, 0.05) is 38.6 Å². The first-order valence-electron chi connectivity index (χ1n) is 8.31. The lowest BCUT2D eigenvalue weighted by molar-refractivity contribution is 0.0954. The quantitative estimate of drug-likeness (QED) is 0.859. The van der Waals surface area contributed by atoms with Crippen molar-refractivity contribution in [3.05, 3.63) is 40.7 Å². The highest BCUT2D eigenvalue weighted by atomic mass is 32.1. The maximum absolute atomic E-state index is 12.4. The smallest absolute Gasteiger partial charge is 0.326 e. The van der Waals surface area contributed by atoms with Crippen LogP contribution in [0.2, 0.25) is 0 Å². The van der Waals surface area contributed by atoms with Gasteiger partial charge >= 0.3 is 6.03 Å². The van der Waals surface area contributed by atoms with E-state index in [0.29, 0.717) is 35.3 Å². The fourth-order valence-electron chi connectivity index (χ4n) is 2.71. The van der Waals surface area contributed by atoms with Gasteiger partial charge in [-0.2, -0.15) is 0 Å². The van der Waals surface area contributed by atoms with Crippen LogP contribution in [0.5, 0.6) is 0 Å². The second kappa shape index (κ2) is 7.60. The number of hydrogen-bond acceptors (Lipinski definition) is 5. The lowest BCUT2D eigenvalue weighted by atomic mass is 10.3. The van der Waals surface area contributed by atoms with Crippen molar-refractivity contribution in [2.24, 2.45) is 0 Å². The van der Waals surface area contributed by atoms with Crippen LogP contribution in [-0.4, -0.2) is 46.4 Å². The molecule has 0 spiro atoms. The lowest BCUT2D eigenvalue weighted by Crippen LogP contribution is -2.32. The maximum atomic E-state index is 12.4. The van der Waals surface area contributed by atoms with Crippen LogP contribution in [0, 0.1) is 6.92 Å². The highest BCUT2D eigenvalue weighted by Crippen LogP contribution is 2.28. The van der Waals surface area contributed by atoms with Crippen molar-refractivity contribution in [2.45, 2.75) is 26.8 Å². The summed E-state index contributed by atoms with van der Waals surface area (Å²) in [6.45, 7) is 6.32. The van der Waals surface area contributed by atoms with Crippen molar-refractivity contribution in [1.29, 1.82) is 0 Å². The number of urea groups is 1. The van der Waals surface area contributed by atoms with Gasteiger partial charge in [0.1, 0.15) is 4.88 Å². The predicted octanol–water partition coefficient (Wildman–Crippen LogP) is 2.43. The summed E-state index contributed by atoms with van der Waals surface area (Å²) in [5, 5.41) is 3.47. The minimum absolute atomic E-state index is 0.0297. The normalized spacial score (nSPS) is 14.2. The molecule has 1 saturated heterocycles. The van der Waals surface area contributed by atoms with Crippen molar-refractivity contribution < 1.29 is 9.59 Å². The summed E-state index contributed by atoms with van der Waals surface area (Å²) in [5.74, 6) is -0.179. The fourth-order valence-corrected chi connectivity index (χ4v) is 3.71. The third-order valence-electron chi connectivity index (χ3n) is 3.99. The number of thiazole rings is 1. The number of carbonyl (C=O) groups excluding carboxylic acids is 2. The average Bonchev–Trinajstić information content (AvgIpc) is 3.17. The molecule has 0 radical (unpaired) electrons. The van der Waals surface area contributed by atoms with Crippen molar-refractivity contribution in [2.75, 3.05) is 24.5 Å².